The zero-order valence-electron chi connectivity index (χ0n) is 14.0. The zero-order chi connectivity index (χ0) is 17.2. The molecule has 1 aliphatic heterocycles. The van der Waals surface area contributed by atoms with Crippen LogP contribution >= 0.6 is 0 Å². The third-order valence-electron chi connectivity index (χ3n) is 4.44. The van der Waals surface area contributed by atoms with Crippen LogP contribution in [0.2, 0.25) is 0 Å². The number of nitrogens with zero attached hydrogens (tertiary/aromatic N) is 1. The molecule has 1 aliphatic rings. The van der Waals surface area contributed by atoms with E-state index in [0.29, 0.717) is 13.2 Å². The predicted octanol–water partition coefficient (Wildman–Crippen LogP) is 4.55. The predicted molar refractivity (Wildman–Crippen MR) is 98.2 cm³/mol. The van der Waals surface area contributed by atoms with Gasteiger partial charge in [0.1, 0.15) is 12.4 Å². The Bertz CT molecular complexity index is 922. The van der Waals surface area contributed by atoms with E-state index in [9.17, 15) is 4.79 Å². The first kappa shape index (κ1) is 15.5. The van der Waals surface area contributed by atoms with Crippen LogP contribution in [-0.4, -0.2) is 25.3 Å². The molecule has 0 saturated carbocycles. The molecule has 3 aromatic carbocycles. The zero-order valence-corrected chi connectivity index (χ0v) is 14.0. The second-order valence-corrected chi connectivity index (χ2v) is 6.22. The molecule has 0 spiro atoms. The molecule has 1 fully saturated rings. The van der Waals surface area contributed by atoms with Crippen molar-refractivity contribution in [1.82, 2.24) is 0 Å². The number of benzene rings is 3. The summed E-state index contributed by atoms with van der Waals surface area (Å²) >= 11 is 0. The van der Waals surface area contributed by atoms with Gasteiger partial charge in [-0.05, 0) is 41.5 Å². The van der Waals surface area contributed by atoms with E-state index in [1.165, 1.54) is 5.39 Å². The van der Waals surface area contributed by atoms with Crippen molar-refractivity contribution in [2.24, 2.45) is 0 Å². The number of cyclic esters (lactones) is 1. The molecule has 1 heterocycles. The van der Waals surface area contributed by atoms with Crippen LogP contribution in [0.3, 0.4) is 0 Å². The third-order valence-corrected chi connectivity index (χ3v) is 4.44. The van der Waals surface area contributed by atoms with E-state index in [1.54, 1.807) is 4.90 Å². The Balaban J connectivity index is 1.43. The summed E-state index contributed by atoms with van der Waals surface area (Å²) in [7, 11) is 0. The van der Waals surface area contributed by atoms with Gasteiger partial charge < -0.3 is 9.47 Å². The number of fused-ring (bicyclic) bond motifs is 1. The molecule has 1 atom stereocenters. The van der Waals surface area contributed by atoms with Gasteiger partial charge in [-0.25, -0.2) is 4.79 Å². The third kappa shape index (κ3) is 3.15. The number of aryl methyl sites for hydroxylation is 1. The van der Waals surface area contributed by atoms with Gasteiger partial charge in [0, 0.05) is 0 Å². The first-order valence-corrected chi connectivity index (χ1v) is 8.36. The molecule has 0 aliphatic carbocycles. The number of carbonyl (C=O) groups excluding carboxylic acids is 1. The summed E-state index contributed by atoms with van der Waals surface area (Å²) < 4.78 is 11.3. The maximum Gasteiger partial charge on any atom is 0.414 e. The normalized spacial score (nSPS) is 16.9. The van der Waals surface area contributed by atoms with E-state index in [0.717, 1.165) is 22.4 Å². The molecule has 126 valence electrons. The van der Waals surface area contributed by atoms with Gasteiger partial charge in [0.05, 0.1) is 12.2 Å². The Kier molecular flexibility index (Phi) is 4.02. The first-order valence-electron chi connectivity index (χ1n) is 8.36. The van der Waals surface area contributed by atoms with Gasteiger partial charge in [-0.1, -0.05) is 48.5 Å². The number of anilines is 1. The summed E-state index contributed by atoms with van der Waals surface area (Å²) in [5.41, 5.74) is 1.94. The first-order chi connectivity index (χ1) is 12.2. The van der Waals surface area contributed by atoms with Gasteiger partial charge in [0.15, 0.2) is 6.10 Å². The molecule has 25 heavy (non-hydrogen) atoms. The van der Waals surface area contributed by atoms with Crippen LogP contribution in [0.5, 0.6) is 5.75 Å². The molecular weight excluding hydrogens is 314 g/mol. The summed E-state index contributed by atoms with van der Waals surface area (Å²) in [6, 6.07) is 21.9. The number of hydrogen-bond donors (Lipinski definition) is 0. The lowest BCUT2D eigenvalue weighted by Gasteiger charge is -2.15. The summed E-state index contributed by atoms with van der Waals surface area (Å²) in [4.78, 5) is 13.8. The van der Waals surface area contributed by atoms with E-state index in [-0.39, 0.29) is 12.2 Å². The highest BCUT2D eigenvalue weighted by Crippen LogP contribution is 2.26. The van der Waals surface area contributed by atoms with Crippen LogP contribution in [-0.2, 0) is 4.74 Å². The fraction of sp³-hybridized carbons (Fsp3) is 0.190. The molecule has 4 nitrogen and oxygen atoms in total. The quantitative estimate of drug-likeness (QED) is 0.703. The number of amides is 1. The van der Waals surface area contributed by atoms with E-state index < -0.39 is 0 Å². The minimum Gasteiger partial charge on any atom is -0.490 e. The van der Waals surface area contributed by atoms with Crippen molar-refractivity contribution in [3.63, 3.8) is 0 Å². The SMILES string of the molecule is Cc1ccccc1N1CC(COc2ccc3ccccc3c2)OC1=O. The Hall–Kier alpha value is -3.01. The summed E-state index contributed by atoms with van der Waals surface area (Å²) in [6.07, 6.45) is -0.597. The molecule has 1 saturated heterocycles. The Morgan fingerprint density at radius 2 is 1.80 bits per heavy atom. The fourth-order valence-corrected chi connectivity index (χ4v) is 3.12. The van der Waals surface area contributed by atoms with Crippen LogP contribution in [0, 0.1) is 6.92 Å². The molecule has 0 bridgehead atoms. The second-order valence-electron chi connectivity index (χ2n) is 6.22. The molecule has 4 rings (SSSR count). The van der Waals surface area contributed by atoms with Crippen molar-refractivity contribution in [3.05, 3.63) is 72.3 Å². The fourth-order valence-electron chi connectivity index (χ4n) is 3.12. The average Bonchev–Trinajstić information content (AvgIpc) is 3.01. The number of rotatable bonds is 4. The minimum atomic E-state index is -0.318. The van der Waals surface area contributed by atoms with Crippen molar-refractivity contribution in [1.29, 1.82) is 0 Å². The van der Waals surface area contributed by atoms with Gasteiger partial charge in [-0.15, -0.1) is 0 Å². The lowest BCUT2D eigenvalue weighted by molar-refractivity contribution is 0.105. The minimum absolute atomic E-state index is 0.279. The Morgan fingerprint density at radius 1 is 1.04 bits per heavy atom. The monoisotopic (exact) mass is 333 g/mol. The largest absolute Gasteiger partial charge is 0.490 e. The van der Waals surface area contributed by atoms with Crippen molar-refractivity contribution in [2.75, 3.05) is 18.1 Å². The molecule has 4 heteroatoms. The van der Waals surface area contributed by atoms with Gasteiger partial charge in [0.2, 0.25) is 0 Å². The van der Waals surface area contributed by atoms with Gasteiger partial charge in [0.25, 0.3) is 0 Å². The van der Waals surface area contributed by atoms with Crippen molar-refractivity contribution >= 4 is 22.6 Å². The van der Waals surface area contributed by atoms with E-state index in [2.05, 4.69) is 12.1 Å². The van der Waals surface area contributed by atoms with Crippen molar-refractivity contribution in [2.45, 2.75) is 13.0 Å². The number of hydrogen-bond acceptors (Lipinski definition) is 3. The Morgan fingerprint density at radius 3 is 2.64 bits per heavy atom. The summed E-state index contributed by atoms with van der Waals surface area (Å²) in [5, 5.41) is 2.30. The van der Waals surface area contributed by atoms with Gasteiger partial charge in [-0.2, -0.15) is 0 Å². The standard InChI is InChI=1S/C21H19NO3/c1-15-6-2-5-9-20(15)22-13-19(25-21(22)23)14-24-18-11-10-16-7-3-4-8-17(16)12-18/h2-12,19H,13-14H2,1H3. The van der Waals surface area contributed by atoms with Crippen LogP contribution in [0.15, 0.2) is 66.7 Å². The van der Waals surface area contributed by atoms with E-state index in [1.807, 2.05) is 61.5 Å². The second kappa shape index (κ2) is 6.48. The van der Waals surface area contributed by atoms with Crippen molar-refractivity contribution < 1.29 is 14.3 Å². The summed E-state index contributed by atoms with van der Waals surface area (Å²) in [5.74, 6) is 0.782. The maximum absolute atomic E-state index is 12.2. The highest BCUT2D eigenvalue weighted by molar-refractivity contribution is 5.90. The molecule has 0 aromatic heterocycles. The average molecular weight is 333 g/mol. The van der Waals surface area contributed by atoms with Crippen LogP contribution in [0.25, 0.3) is 10.8 Å². The molecular formula is C21H19NO3. The molecule has 1 amide bonds. The lowest BCUT2D eigenvalue weighted by Crippen LogP contribution is -2.27. The molecule has 0 N–H and O–H groups in total. The van der Waals surface area contributed by atoms with Crippen molar-refractivity contribution in [3.8, 4) is 5.75 Å². The van der Waals surface area contributed by atoms with Crippen LogP contribution in [0.4, 0.5) is 10.5 Å². The molecule has 3 aromatic rings. The number of carbonyl (C=O) groups is 1. The Labute approximate surface area is 146 Å². The topological polar surface area (TPSA) is 38.8 Å². The van der Waals surface area contributed by atoms with Crippen LogP contribution in [0.1, 0.15) is 5.56 Å². The van der Waals surface area contributed by atoms with Gasteiger partial charge >= 0.3 is 6.09 Å². The highest BCUT2D eigenvalue weighted by Gasteiger charge is 2.33. The summed E-state index contributed by atoms with van der Waals surface area (Å²) in [6.45, 7) is 2.82. The van der Waals surface area contributed by atoms with E-state index in [4.69, 9.17) is 9.47 Å². The lowest BCUT2D eigenvalue weighted by atomic mass is 10.1. The molecule has 1 unspecified atom stereocenters. The highest BCUT2D eigenvalue weighted by atomic mass is 16.6. The number of ether oxygens (including phenoxy) is 2. The van der Waals surface area contributed by atoms with Gasteiger partial charge in [-0.3, -0.25) is 4.90 Å². The van der Waals surface area contributed by atoms with E-state index >= 15 is 0 Å². The maximum atomic E-state index is 12.2. The smallest absolute Gasteiger partial charge is 0.414 e. The van der Waals surface area contributed by atoms with Crippen LogP contribution < -0.4 is 9.64 Å². The molecule has 0 radical (unpaired) electrons. The number of para-hydroxylation sites is 1.